The lowest BCUT2D eigenvalue weighted by Gasteiger charge is -2.36. The largest absolute Gasteiger partial charge is 0.141 e. The highest BCUT2D eigenvalue weighted by Crippen LogP contribution is 2.49. The van der Waals surface area contributed by atoms with Crippen molar-refractivity contribution in [3.8, 4) is 0 Å². The van der Waals surface area contributed by atoms with E-state index in [1.807, 2.05) is 11.3 Å². The summed E-state index contributed by atoms with van der Waals surface area (Å²) in [5.74, 6) is 0.988. The Morgan fingerprint density at radius 3 is 2.64 bits per heavy atom. The van der Waals surface area contributed by atoms with Gasteiger partial charge in [0.2, 0.25) is 0 Å². The van der Waals surface area contributed by atoms with Gasteiger partial charge in [0.1, 0.15) is 0 Å². The lowest BCUT2D eigenvalue weighted by molar-refractivity contribution is 0.667. The Morgan fingerprint density at radius 2 is 1.82 bits per heavy atom. The minimum Gasteiger partial charge on any atom is -0.141 e. The predicted molar refractivity (Wildman–Crippen MR) is 95.9 cm³/mol. The quantitative estimate of drug-likeness (QED) is 0.621. The molecule has 0 aliphatic heterocycles. The summed E-state index contributed by atoms with van der Waals surface area (Å²) in [4.78, 5) is 2.76. The minimum absolute atomic E-state index is 0.482. The van der Waals surface area contributed by atoms with Gasteiger partial charge in [-0.15, -0.1) is 11.3 Å². The molecule has 2 atom stereocenters. The van der Waals surface area contributed by atoms with Crippen molar-refractivity contribution < 1.29 is 0 Å². The molecule has 0 saturated carbocycles. The van der Waals surface area contributed by atoms with E-state index in [9.17, 15) is 0 Å². The van der Waals surface area contributed by atoms with Crippen molar-refractivity contribution in [3.63, 3.8) is 0 Å². The number of thiophene rings is 1. The third-order valence-electron chi connectivity index (χ3n) is 4.90. The second-order valence-corrected chi connectivity index (χ2v) is 7.56. The number of allylic oxidation sites excluding steroid dienone is 6. The van der Waals surface area contributed by atoms with Crippen LogP contribution in [0.4, 0.5) is 0 Å². The Balaban J connectivity index is 1.70. The Morgan fingerprint density at radius 1 is 0.955 bits per heavy atom. The Kier molecular flexibility index (Phi) is 2.51. The number of hydrogen-bond acceptors (Lipinski definition) is 1. The molecule has 3 aliphatic rings. The molecule has 5 rings (SSSR count). The van der Waals surface area contributed by atoms with Crippen LogP contribution in [0.1, 0.15) is 32.4 Å². The van der Waals surface area contributed by atoms with Crippen LogP contribution in [0.3, 0.4) is 0 Å². The van der Waals surface area contributed by atoms with E-state index in [1.54, 1.807) is 0 Å². The molecule has 3 aliphatic carbocycles. The SMILES string of the molecule is Cc1ccc(C2=CC3C=Cc4cccc5c4[C@H]3C(=C2)C=C5)s1. The van der Waals surface area contributed by atoms with Crippen LogP contribution in [0.25, 0.3) is 17.7 Å². The van der Waals surface area contributed by atoms with Crippen molar-refractivity contribution in [1.29, 1.82) is 0 Å². The van der Waals surface area contributed by atoms with Gasteiger partial charge >= 0.3 is 0 Å². The van der Waals surface area contributed by atoms with E-state index in [4.69, 9.17) is 0 Å². The Hall–Kier alpha value is -2.12. The van der Waals surface area contributed by atoms with E-state index in [0.29, 0.717) is 11.8 Å². The molecule has 0 radical (unpaired) electrons. The average Bonchev–Trinajstić information content (AvgIpc) is 2.99. The average molecular weight is 300 g/mol. The summed E-state index contributed by atoms with van der Waals surface area (Å²) in [5, 5.41) is 0. The number of hydrogen-bond donors (Lipinski definition) is 0. The zero-order valence-electron chi connectivity index (χ0n) is 12.4. The molecular weight excluding hydrogens is 284 g/mol. The van der Waals surface area contributed by atoms with Crippen LogP contribution in [0.15, 0.2) is 60.2 Å². The molecule has 106 valence electrons. The van der Waals surface area contributed by atoms with Gasteiger partial charge in [0.25, 0.3) is 0 Å². The molecule has 0 bridgehead atoms. The normalized spacial score (nSPS) is 23.9. The summed E-state index contributed by atoms with van der Waals surface area (Å²) in [7, 11) is 0. The fourth-order valence-electron chi connectivity index (χ4n) is 3.92. The van der Waals surface area contributed by atoms with Crippen LogP contribution in [0.5, 0.6) is 0 Å². The molecule has 0 fully saturated rings. The fraction of sp³-hybridized carbons (Fsp3) is 0.143. The van der Waals surface area contributed by atoms with Gasteiger partial charge in [-0.25, -0.2) is 0 Å². The van der Waals surface area contributed by atoms with Gasteiger partial charge in [-0.05, 0) is 53.0 Å². The highest BCUT2D eigenvalue weighted by atomic mass is 32.1. The van der Waals surface area contributed by atoms with E-state index in [1.165, 1.54) is 37.6 Å². The molecule has 0 amide bonds. The molecule has 0 spiro atoms. The second kappa shape index (κ2) is 4.44. The highest BCUT2D eigenvalue weighted by molar-refractivity contribution is 7.13. The molecule has 0 nitrogen and oxygen atoms in total. The summed E-state index contributed by atoms with van der Waals surface area (Å²) in [6.07, 6.45) is 14.1. The molecule has 1 aromatic heterocycles. The summed E-state index contributed by atoms with van der Waals surface area (Å²) in [5.41, 5.74) is 7.13. The topological polar surface area (TPSA) is 0 Å². The molecule has 1 heterocycles. The first kappa shape index (κ1) is 12.4. The van der Waals surface area contributed by atoms with Gasteiger partial charge in [0.05, 0.1) is 0 Å². The van der Waals surface area contributed by atoms with Gasteiger partial charge in [0, 0.05) is 21.6 Å². The molecule has 22 heavy (non-hydrogen) atoms. The fourth-order valence-corrected chi connectivity index (χ4v) is 4.78. The molecule has 1 aromatic carbocycles. The number of rotatable bonds is 1. The van der Waals surface area contributed by atoms with Gasteiger partial charge in [0.15, 0.2) is 0 Å². The van der Waals surface area contributed by atoms with Gasteiger partial charge in [-0.3, -0.25) is 0 Å². The maximum absolute atomic E-state index is 2.45. The van der Waals surface area contributed by atoms with E-state index in [0.717, 1.165) is 0 Å². The summed E-state index contributed by atoms with van der Waals surface area (Å²) in [6, 6.07) is 11.1. The van der Waals surface area contributed by atoms with Crippen LogP contribution < -0.4 is 0 Å². The monoisotopic (exact) mass is 300 g/mol. The first-order chi connectivity index (χ1) is 10.8. The highest BCUT2D eigenvalue weighted by Gasteiger charge is 2.33. The Bertz CT molecular complexity index is 902. The van der Waals surface area contributed by atoms with E-state index in [-0.39, 0.29) is 0 Å². The van der Waals surface area contributed by atoms with Crippen molar-refractivity contribution in [2.45, 2.75) is 12.8 Å². The molecular formula is C21H16S. The lowest BCUT2D eigenvalue weighted by Crippen LogP contribution is -2.21. The van der Waals surface area contributed by atoms with Crippen LogP contribution in [-0.4, -0.2) is 0 Å². The van der Waals surface area contributed by atoms with Gasteiger partial charge < -0.3 is 0 Å². The first-order valence-corrected chi connectivity index (χ1v) is 8.61. The zero-order chi connectivity index (χ0) is 14.7. The molecule has 1 heteroatoms. The molecule has 1 unspecified atom stereocenters. The number of aryl methyl sites for hydroxylation is 1. The van der Waals surface area contributed by atoms with Crippen LogP contribution in [0.2, 0.25) is 0 Å². The third kappa shape index (κ3) is 1.69. The lowest BCUT2D eigenvalue weighted by atomic mass is 9.68. The third-order valence-corrected chi connectivity index (χ3v) is 5.95. The van der Waals surface area contributed by atoms with Crippen molar-refractivity contribution in [2.75, 3.05) is 0 Å². The van der Waals surface area contributed by atoms with E-state index in [2.05, 4.69) is 73.7 Å². The van der Waals surface area contributed by atoms with Crippen LogP contribution >= 0.6 is 11.3 Å². The smallest absolute Gasteiger partial charge is 0.0342 e. The predicted octanol–water partition coefficient (Wildman–Crippen LogP) is 5.83. The maximum Gasteiger partial charge on any atom is 0.0342 e. The van der Waals surface area contributed by atoms with Crippen molar-refractivity contribution in [1.82, 2.24) is 0 Å². The second-order valence-electron chi connectivity index (χ2n) is 6.27. The molecule has 2 aromatic rings. The maximum atomic E-state index is 2.45. The van der Waals surface area contributed by atoms with Crippen molar-refractivity contribution in [3.05, 3.63) is 86.7 Å². The summed E-state index contributed by atoms with van der Waals surface area (Å²) >= 11 is 1.89. The molecule has 0 N–H and O–H groups in total. The minimum atomic E-state index is 0.482. The van der Waals surface area contributed by atoms with Gasteiger partial charge in [-0.1, -0.05) is 48.6 Å². The standard InChI is InChI=1S/C21H16S/c1-13-5-10-19(22-13)18-11-16-8-6-14-3-2-4-15-7-9-17(12-18)21(16)20(14)15/h2-12,16,21H,1H3/t16?,21-/m1/s1. The number of benzene rings is 1. The van der Waals surface area contributed by atoms with Crippen LogP contribution in [-0.2, 0) is 0 Å². The van der Waals surface area contributed by atoms with Crippen LogP contribution in [0, 0.1) is 12.8 Å². The van der Waals surface area contributed by atoms with E-state index < -0.39 is 0 Å². The van der Waals surface area contributed by atoms with Crippen molar-refractivity contribution >= 4 is 29.1 Å². The Labute approximate surface area is 134 Å². The van der Waals surface area contributed by atoms with Gasteiger partial charge in [-0.2, -0.15) is 0 Å². The van der Waals surface area contributed by atoms with E-state index >= 15 is 0 Å². The molecule has 0 saturated heterocycles. The first-order valence-electron chi connectivity index (χ1n) is 7.79. The summed E-state index contributed by atoms with van der Waals surface area (Å²) < 4.78 is 0. The zero-order valence-corrected chi connectivity index (χ0v) is 13.2. The van der Waals surface area contributed by atoms with Crippen molar-refractivity contribution in [2.24, 2.45) is 5.92 Å². The summed E-state index contributed by atoms with van der Waals surface area (Å²) in [6.45, 7) is 2.18.